The average Bonchev–Trinajstić information content (AvgIpc) is 2.90. The lowest BCUT2D eigenvalue weighted by Crippen LogP contribution is -2.40. The molecule has 36 heavy (non-hydrogen) atoms. The lowest BCUT2D eigenvalue weighted by Gasteiger charge is -2.25. The van der Waals surface area contributed by atoms with Crippen LogP contribution in [-0.4, -0.2) is 35.1 Å². The highest BCUT2D eigenvalue weighted by Gasteiger charge is 2.28. The molecular weight excluding hydrogens is 476 g/mol. The van der Waals surface area contributed by atoms with Gasteiger partial charge in [0.2, 0.25) is 5.91 Å². The minimum absolute atomic E-state index is 0.0882. The molecule has 0 aliphatic carbocycles. The zero-order chi connectivity index (χ0) is 25.7. The van der Waals surface area contributed by atoms with Gasteiger partial charge < -0.3 is 14.8 Å². The van der Waals surface area contributed by atoms with Crippen LogP contribution in [0, 0.1) is 6.92 Å². The summed E-state index contributed by atoms with van der Waals surface area (Å²) >= 11 is 0. The number of amides is 1. The molecule has 186 valence electrons. The van der Waals surface area contributed by atoms with Crippen LogP contribution in [0.4, 0.5) is 5.69 Å². The fraction of sp³-hybridized carbons (Fsp3) is 0.179. The molecule has 0 atom stereocenters. The van der Waals surface area contributed by atoms with Crippen LogP contribution in [0.2, 0.25) is 0 Å². The third-order valence-electron chi connectivity index (χ3n) is 5.85. The first kappa shape index (κ1) is 25.1. The molecule has 0 unspecified atom stereocenters. The lowest BCUT2D eigenvalue weighted by molar-refractivity contribution is -0.119. The summed E-state index contributed by atoms with van der Waals surface area (Å²) < 4.78 is 39.0. The molecule has 4 aromatic rings. The SMILES string of the molecule is COc1ccc(N(CC(=O)NCc2ccc3ccccc3c2)S(=O)(=O)c2ccc(C)cc2)cc1OC. The molecule has 0 spiro atoms. The summed E-state index contributed by atoms with van der Waals surface area (Å²) in [5, 5.41) is 5.02. The first-order valence-corrected chi connectivity index (χ1v) is 12.8. The number of sulfonamides is 1. The second-order valence-electron chi connectivity index (χ2n) is 8.32. The van der Waals surface area contributed by atoms with E-state index < -0.39 is 22.5 Å². The molecule has 4 aromatic carbocycles. The minimum Gasteiger partial charge on any atom is -0.493 e. The smallest absolute Gasteiger partial charge is 0.264 e. The van der Waals surface area contributed by atoms with Crippen molar-refractivity contribution in [2.24, 2.45) is 0 Å². The van der Waals surface area contributed by atoms with E-state index in [9.17, 15) is 13.2 Å². The number of nitrogens with one attached hydrogen (secondary N) is 1. The number of hydrogen-bond donors (Lipinski definition) is 1. The molecule has 0 saturated heterocycles. The average molecular weight is 505 g/mol. The summed E-state index contributed by atoms with van der Waals surface area (Å²) in [6.45, 7) is 1.75. The molecule has 1 amide bonds. The van der Waals surface area contributed by atoms with Crippen molar-refractivity contribution >= 4 is 32.4 Å². The van der Waals surface area contributed by atoms with Gasteiger partial charge in [-0.3, -0.25) is 9.10 Å². The Morgan fingerprint density at radius 1 is 0.833 bits per heavy atom. The number of ether oxygens (including phenoxy) is 2. The zero-order valence-corrected chi connectivity index (χ0v) is 21.2. The van der Waals surface area contributed by atoms with E-state index in [1.54, 1.807) is 30.3 Å². The Morgan fingerprint density at radius 2 is 1.53 bits per heavy atom. The van der Waals surface area contributed by atoms with Crippen LogP contribution in [0.15, 0.2) is 89.8 Å². The number of anilines is 1. The molecule has 0 aliphatic rings. The first-order valence-electron chi connectivity index (χ1n) is 11.4. The molecule has 0 saturated carbocycles. The molecular formula is C28H28N2O5S. The Kier molecular flexibility index (Phi) is 7.45. The standard InChI is InChI=1S/C28H28N2O5S/c1-20-8-13-25(14-9-20)36(32,33)30(24-12-15-26(34-2)27(17-24)35-3)19-28(31)29-18-21-10-11-22-6-4-5-7-23(22)16-21/h4-17H,18-19H2,1-3H3,(H,29,31). The number of hydrogen-bond acceptors (Lipinski definition) is 5. The normalized spacial score (nSPS) is 11.2. The molecule has 4 rings (SSSR count). The van der Waals surface area contributed by atoms with E-state index >= 15 is 0 Å². The Hall–Kier alpha value is -4.04. The third-order valence-corrected chi connectivity index (χ3v) is 7.64. The Morgan fingerprint density at radius 3 is 2.22 bits per heavy atom. The van der Waals surface area contributed by atoms with Gasteiger partial charge >= 0.3 is 0 Å². The predicted octanol–water partition coefficient (Wildman–Crippen LogP) is 4.68. The van der Waals surface area contributed by atoms with Crippen LogP contribution in [0.1, 0.15) is 11.1 Å². The maximum atomic E-state index is 13.6. The largest absolute Gasteiger partial charge is 0.493 e. The van der Waals surface area contributed by atoms with Crippen LogP contribution in [0.5, 0.6) is 11.5 Å². The van der Waals surface area contributed by atoms with Gasteiger partial charge in [0.05, 0.1) is 24.8 Å². The van der Waals surface area contributed by atoms with Crippen molar-refractivity contribution in [1.29, 1.82) is 0 Å². The Balaban J connectivity index is 1.61. The van der Waals surface area contributed by atoms with Gasteiger partial charge in [0.1, 0.15) is 6.54 Å². The van der Waals surface area contributed by atoms with Gasteiger partial charge in [-0.2, -0.15) is 0 Å². The lowest BCUT2D eigenvalue weighted by atomic mass is 10.1. The highest BCUT2D eigenvalue weighted by atomic mass is 32.2. The summed E-state index contributed by atoms with van der Waals surface area (Å²) in [5.74, 6) is 0.374. The van der Waals surface area contributed by atoms with Gasteiger partial charge in [0.15, 0.2) is 11.5 Å². The minimum atomic E-state index is -4.05. The van der Waals surface area contributed by atoms with E-state index in [1.807, 2.05) is 49.4 Å². The Bertz CT molecular complexity index is 1480. The molecule has 0 bridgehead atoms. The van der Waals surface area contributed by atoms with Gasteiger partial charge in [-0.1, -0.05) is 54.1 Å². The van der Waals surface area contributed by atoms with E-state index in [0.29, 0.717) is 11.5 Å². The van der Waals surface area contributed by atoms with E-state index in [0.717, 1.165) is 26.2 Å². The Labute approximate surface area is 211 Å². The highest BCUT2D eigenvalue weighted by Crippen LogP contribution is 2.33. The molecule has 0 radical (unpaired) electrons. The second-order valence-corrected chi connectivity index (χ2v) is 10.2. The molecule has 0 aliphatic heterocycles. The summed E-state index contributed by atoms with van der Waals surface area (Å²) in [6.07, 6.45) is 0. The van der Waals surface area contributed by atoms with Crippen molar-refractivity contribution in [2.45, 2.75) is 18.4 Å². The number of aryl methyl sites for hydroxylation is 1. The number of carbonyl (C=O) groups excluding carboxylic acids is 1. The van der Waals surface area contributed by atoms with Crippen molar-refractivity contribution in [3.05, 3.63) is 96.1 Å². The van der Waals surface area contributed by atoms with Crippen molar-refractivity contribution < 1.29 is 22.7 Å². The number of carbonyl (C=O) groups is 1. The molecule has 0 aromatic heterocycles. The van der Waals surface area contributed by atoms with Crippen LogP contribution in [-0.2, 0) is 21.4 Å². The maximum Gasteiger partial charge on any atom is 0.264 e. The zero-order valence-electron chi connectivity index (χ0n) is 20.4. The fourth-order valence-corrected chi connectivity index (χ4v) is 5.28. The van der Waals surface area contributed by atoms with Gasteiger partial charge in [-0.25, -0.2) is 8.42 Å². The fourth-order valence-electron chi connectivity index (χ4n) is 3.87. The van der Waals surface area contributed by atoms with Gasteiger partial charge in [-0.05, 0) is 53.6 Å². The summed E-state index contributed by atoms with van der Waals surface area (Å²) in [5.41, 5.74) is 2.13. The summed E-state index contributed by atoms with van der Waals surface area (Å²) in [7, 11) is -1.08. The van der Waals surface area contributed by atoms with Crippen molar-refractivity contribution in [3.8, 4) is 11.5 Å². The molecule has 1 N–H and O–H groups in total. The van der Waals surface area contributed by atoms with Crippen molar-refractivity contribution in [2.75, 3.05) is 25.1 Å². The van der Waals surface area contributed by atoms with Crippen LogP contribution >= 0.6 is 0 Å². The second kappa shape index (κ2) is 10.7. The topological polar surface area (TPSA) is 84.9 Å². The molecule has 0 heterocycles. The van der Waals surface area contributed by atoms with Gasteiger partial charge in [0, 0.05) is 12.6 Å². The van der Waals surface area contributed by atoms with Gasteiger partial charge in [0.25, 0.3) is 10.0 Å². The monoisotopic (exact) mass is 504 g/mol. The number of rotatable bonds is 9. The molecule has 8 heteroatoms. The third kappa shape index (κ3) is 5.44. The number of fused-ring (bicyclic) bond motifs is 1. The van der Waals surface area contributed by atoms with E-state index in [4.69, 9.17) is 9.47 Å². The van der Waals surface area contributed by atoms with Crippen LogP contribution in [0.3, 0.4) is 0 Å². The predicted molar refractivity (Wildman–Crippen MR) is 141 cm³/mol. The van der Waals surface area contributed by atoms with E-state index in [1.165, 1.54) is 26.4 Å². The first-order chi connectivity index (χ1) is 17.3. The van der Waals surface area contributed by atoms with Gasteiger partial charge in [-0.15, -0.1) is 0 Å². The van der Waals surface area contributed by atoms with E-state index in [2.05, 4.69) is 5.32 Å². The van der Waals surface area contributed by atoms with E-state index in [-0.39, 0.29) is 17.1 Å². The quantitative estimate of drug-likeness (QED) is 0.358. The number of benzene rings is 4. The number of methoxy groups -OCH3 is 2. The van der Waals surface area contributed by atoms with Crippen molar-refractivity contribution in [3.63, 3.8) is 0 Å². The molecule has 0 fully saturated rings. The summed E-state index contributed by atoms with van der Waals surface area (Å²) in [6, 6.07) is 25.2. The summed E-state index contributed by atoms with van der Waals surface area (Å²) in [4.78, 5) is 13.1. The molecule has 7 nitrogen and oxygen atoms in total. The van der Waals surface area contributed by atoms with Crippen molar-refractivity contribution in [1.82, 2.24) is 5.32 Å². The number of nitrogens with zero attached hydrogens (tertiary/aromatic N) is 1. The van der Waals surface area contributed by atoms with Crippen LogP contribution in [0.25, 0.3) is 10.8 Å². The maximum absolute atomic E-state index is 13.6. The highest BCUT2D eigenvalue weighted by molar-refractivity contribution is 7.92. The van der Waals surface area contributed by atoms with Crippen LogP contribution < -0.4 is 19.1 Å².